The molecular weight excluding hydrogens is 346 g/mol. The van der Waals surface area contributed by atoms with Crippen LogP contribution in [0.1, 0.15) is 19.4 Å². The molecule has 3 rings (SSSR count). The monoisotopic (exact) mass is 371 g/mol. The maximum atomic E-state index is 10.3. The lowest BCUT2D eigenvalue weighted by Crippen LogP contribution is -2.26. The van der Waals surface area contributed by atoms with Gasteiger partial charge in [-0.3, -0.25) is 0 Å². The van der Waals surface area contributed by atoms with Crippen LogP contribution in [-0.2, 0) is 13.1 Å². The number of rotatable bonds is 8. The van der Waals surface area contributed by atoms with Crippen molar-refractivity contribution in [3.8, 4) is 11.5 Å². The van der Waals surface area contributed by atoms with Crippen molar-refractivity contribution < 1.29 is 9.84 Å². The lowest BCUT2D eigenvalue weighted by atomic mass is 10.2. The summed E-state index contributed by atoms with van der Waals surface area (Å²) in [5.41, 5.74) is 7.92. The van der Waals surface area contributed by atoms with Gasteiger partial charge in [-0.15, -0.1) is 0 Å². The predicted octanol–water partition coefficient (Wildman–Crippen LogP) is 1.93. The van der Waals surface area contributed by atoms with Gasteiger partial charge in [0.1, 0.15) is 0 Å². The minimum atomic E-state index is -0.0227. The summed E-state index contributed by atoms with van der Waals surface area (Å²) in [5, 5.41) is 16.7. The smallest absolute Gasteiger partial charge is 0.226 e. The van der Waals surface area contributed by atoms with Crippen LogP contribution in [0.15, 0.2) is 24.5 Å². The van der Waals surface area contributed by atoms with Crippen LogP contribution in [0, 0.1) is 0 Å². The first-order valence-corrected chi connectivity index (χ1v) is 8.84. The van der Waals surface area contributed by atoms with Gasteiger partial charge in [0.05, 0.1) is 13.4 Å². The second kappa shape index (κ2) is 8.09. The number of hydrogen-bond acceptors (Lipinski definition) is 8. The third-order valence-electron chi connectivity index (χ3n) is 4.14. The first kappa shape index (κ1) is 18.7. The molecule has 0 bridgehead atoms. The Labute approximate surface area is 157 Å². The van der Waals surface area contributed by atoms with Gasteiger partial charge < -0.3 is 30.8 Å². The number of para-hydroxylation sites is 1. The molecule has 0 amide bonds. The van der Waals surface area contributed by atoms with Gasteiger partial charge in [-0.1, -0.05) is 12.1 Å². The molecule has 0 spiro atoms. The maximum absolute atomic E-state index is 10.3. The summed E-state index contributed by atoms with van der Waals surface area (Å²) < 4.78 is 7.11. The molecule has 1 unspecified atom stereocenters. The molecule has 9 nitrogen and oxygen atoms in total. The topological polar surface area (TPSA) is 123 Å². The minimum Gasteiger partial charge on any atom is -0.504 e. The highest BCUT2D eigenvalue weighted by Crippen LogP contribution is 2.30. The van der Waals surface area contributed by atoms with Crippen LogP contribution in [0.2, 0.25) is 0 Å². The molecule has 9 heteroatoms. The van der Waals surface area contributed by atoms with Gasteiger partial charge in [0.15, 0.2) is 28.5 Å². The van der Waals surface area contributed by atoms with Crippen LogP contribution >= 0.6 is 0 Å². The molecule has 0 aliphatic rings. The molecule has 0 saturated carbocycles. The molecule has 0 fully saturated rings. The van der Waals surface area contributed by atoms with E-state index in [1.807, 2.05) is 30.5 Å². The van der Waals surface area contributed by atoms with Gasteiger partial charge in [0, 0.05) is 31.2 Å². The van der Waals surface area contributed by atoms with Crippen molar-refractivity contribution in [2.75, 3.05) is 24.3 Å². The molecule has 1 atom stereocenters. The Morgan fingerprint density at radius 2 is 2.11 bits per heavy atom. The second-order valence-electron chi connectivity index (χ2n) is 6.28. The number of aryl methyl sites for hydroxylation is 1. The number of imidazole rings is 1. The number of anilines is 2. The average Bonchev–Trinajstić information content (AvgIpc) is 3.08. The third kappa shape index (κ3) is 4.03. The number of nitrogens with two attached hydrogens (primary N) is 1. The van der Waals surface area contributed by atoms with Crippen LogP contribution in [0.5, 0.6) is 11.5 Å². The van der Waals surface area contributed by atoms with Gasteiger partial charge in [-0.05, 0) is 19.9 Å². The SMILES string of the molecule is CCn1cnc2c(NCc3cccc(OC)c3O)nc(NCC(C)N)nc21. The zero-order valence-electron chi connectivity index (χ0n) is 15.7. The van der Waals surface area contributed by atoms with Crippen LogP contribution in [0.3, 0.4) is 0 Å². The number of methoxy groups -OCH3 is 1. The van der Waals surface area contributed by atoms with Crippen LogP contribution in [0.4, 0.5) is 11.8 Å². The Morgan fingerprint density at radius 1 is 1.30 bits per heavy atom. The summed E-state index contributed by atoms with van der Waals surface area (Å²) in [6.45, 7) is 5.60. The molecule has 0 aliphatic carbocycles. The Kier molecular flexibility index (Phi) is 5.60. The molecule has 0 saturated heterocycles. The summed E-state index contributed by atoms with van der Waals surface area (Å²) >= 11 is 0. The summed E-state index contributed by atoms with van der Waals surface area (Å²) in [6.07, 6.45) is 1.74. The lowest BCUT2D eigenvalue weighted by Gasteiger charge is -2.13. The summed E-state index contributed by atoms with van der Waals surface area (Å²) in [7, 11) is 1.52. The Hall–Kier alpha value is -3.07. The van der Waals surface area contributed by atoms with Gasteiger partial charge in [0.2, 0.25) is 5.95 Å². The van der Waals surface area contributed by atoms with E-state index in [0.717, 1.165) is 12.2 Å². The van der Waals surface area contributed by atoms with E-state index in [0.29, 0.717) is 41.7 Å². The number of aromatic hydroxyl groups is 1. The zero-order valence-corrected chi connectivity index (χ0v) is 15.7. The van der Waals surface area contributed by atoms with Gasteiger partial charge >= 0.3 is 0 Å². The van der Waals surface area contributed by atoms with E-state index in [1.54, 1.807) is 12.4 Å². The van der Waals surface area contributed by atoms with Crippen molar-refractivity contribution in [3.63, 3.8) is 0 Å². The van der Waals surface area contributed by atoms with Crippen LogP contribution < -0.4 is 21.1 Å². The highest BCUT2D eigenvalue weighted by Gasteiger charge is 2.14. The molecule has 0 aliphatic heterocycles. The quantitative estimate of drug-likeness (QED) is 0.474. The molecular formula is C18H25N7O2. The molecule has 0 radical (unpaired) electrons. The normalized spacial score (nSPS) is 12.1. The van der Waals surface area contributed by atoms with Crippen molar-refractivity contribution in [2.24, 2.45) is 5.73 Å². The Morgan fingerprint density at radius 3 is 2.81 bits per heavy atom. The molecule has 2 heterocycles. The fourth-order valence-electron chi connectivity index (χ4n) is 2.68. The number of hydrogen-bond donors (Lipinski definition) is 4. The van der Waals surface area contributed by atoms with E-state index in [4.69, 9.17) is 10.5 Å². The molecule has 1 aromatic carbocycles. The van der Waals surface area contributed by atoms with Crippen molar-refractivity contribution in [1.82, 2.24) is 19.5 Å². The molecule has 144 valence electrons. The summed E-state index contributed by atoms with van der Waals surface area (Å²) in [4.78, 5) is 13.5. The number of aromatic nitrogens is 4. The Balaban J connectivity index is 1.91. The van der Waals surface area contributed by atoms with Crippen molar-refractivity contribution in [2.45, 2.75) is 33.0 Å². The van der Waals surface area contributed by atoms with Crippen LogP contribution in [0.25, 0.3) is 11.2 Å². The number of nitrogens with zero attached hydrogens (tertiary/aromatic N) is 4. The van der Waals surface area contributed by atoms with E-state index < -0.39 is 0 Å². The number of fused-ring (bicyclic) bond motifs is 1. The zero-order chi connectivity index (χ0) is 19.4. The highest BCUT2D eigenvalue weighted by atomic mass is 16.5. The van der Waals surface area contributed by atoms with E-state index >= 15 is 0 Å². The number of benzene rings is 1. The van der Waals surface area contributed by atoms with E-state index in [1.165, 1.54) is 7.11 Å². The number of ether oxygens (including phenoxy) is 1. The standard InChI is InChI=1S/C18H25N7O2/c1-4-25-10-22-14-16(23-18(24-17(14)25)21-8-11(2)19)20-9-12-6-5-7-13(27-3)15(12)26/h5-7,10-11,26H,4,8-9,19H2,1-3H3,(H2,20,21,23,24). The first-order chi connectivity index (χ1) is 13.0. The first-order valence-electron chi connectivity index (χ1n) is 8.84. The average molecular weight is 371 g/mol. The third-order valence-corrected chi connectivity index (χ3v) is 4.14. The van der Waals surface area contributed by atoms with Gasteiger partial charge in [0.25, 0.3) is 0 Å². The largest absolute Gasteiger partial charge is 0.504 e. The molecule has 2 aromatic heterocycles. The minimum absolute atomic E-state index is 0.0227. The number of phenolic OH excluding ortho intramolecular Hbond substituents is 1. The fourth-order valence-corrected chi connectivity index (χ4v) is 2.68. The van der Waals surface area contributed by atoms with Crippen molar-refractivity contribution in [3.05, 3.63) is 30.1 Å². The number of nitrogens with one attached hydrogen (secondary N) is 2. The van der Waals surface area contributed by atoms with Gasteiger partial charge in [-0.25, -0.2) is 4.98 Å². The number of phenols is 1. The second-order valence-corrected chi connectivity index (χ2v) is 6.28. The molecule has 5 N–H and O–H groups in total. The van der Waals surface area contributed by atoms with Crippen molar-refractivity contribution in [1.29, 1.82) is 0 Å². The Bertz CT molecular complexity index is 923. The highest BCUT2D eigenvalue weighted by molar-refractivity contribution is 5.84. The van der Waals surface area contributed by atoms with Crippen LogP contribution in [-0.4, -0.2) is 44.3 Å². The lowest BCUT2D eigenvalue weighted by molar-refractivity contribution is 0.371. The van der Waals surface area contributed by atoms with Gasteiger partial charge in [-0.2, -0.15) is 9.97 Å². The molecule has 3 aromatic rings. The summed E-state index contributed by atoms with van der Waals surface area (Å²) in [6, 6.07) is 5.33. The van der Waals surface area contributed by atoms with Crippen molar-refractivity contribution >= 4 is 22.9 Å². The fraction of sp³-hybridized carbons (Fsp3) is 0.389. The van der Waals surface area contributed by atoms with E-state index in [9.17, 15) is 5.11 Å². The predicted molar refractivity (Wildman–Crippen MR) is 105 cm³/mol. The van der Waals surface area contributed by atoms with E-state index in [2.05, 4.69) is 25.6 Å². The summed E-state index contributed by atoms with van der Waals surface area (Å²) in [5.74, 6) is 1.60. The maximum Gasteiger partial charge on any atom is 0.226 e. The molecule has 27 heavy (non-hydrogen) atoms. The van der Waals surface area contributed by atoms with E-state index in [-0.39, 0.29) is 11.8 Å².